The zero-order valence-electron chi connectivity index (χ0n) is 12.1. The topological polar surface area (TPSA) is 101 Å². The summed E-state index contributed by atoms with van der Waals surface area (Å²) in [6, 6.07) is 8.03. The first-order valence-corrected chi connectivity index (χ1v) is 8.94. The van der Waals surface area contributed by atoms with Crippen molar-refractivity contribution in [1.29, 1.82) is 0 Å². The van der Waals surface area contributed by atoms with E-state index in [1.165, 1.54) is 0 Å². The van der Waals surface area contributed by atoms with Crippen LogP contribution in [-0.4, -0.2) is 42.9 Å². The van der Waals surface area contributed by atoms with E-state index in [9.17, 15) is 23.1 Å². The van der Waals surface area contributed by atoms with Gasteiger partial charge in [0.1, 0.15) is 6.04 Å². The van der Waals surface area contributed by atoms with E-state index in [-0.39, 0.29) is 30.3 Å². The van der Waals surface area contributed by atoms with Crippen LogP contribution in [0.25, 0.3) is 0 Å². The van der Waals surface area contributed by atoms with E-state index in [4.69, 9.17) is 0 Å². The van der Waals surface area contributed by atoms with Gasteiger partial charge in [-0.15, -0.1) is 0 Å². The smallest absolute Gasteiger partial charge is 0.326 e. The monoisotopic (exact) mass is 325 g/mol. The van der Waals surface area contributed by atoms with E-state index in [0.717, 1.165) is 5.56 Å². The van der Waals surface area contributed by atoms with Gasteiger partial charge in [-0.1, -0.05) is 30.3 Å². The molecular formula is C15H19NO5S. The number of aliphatic carboxylic acids is 1. The normalized spacial score (nSPS) is 21.2. The van der Waals surface area contributed by atoms with Crippen molar-refractivity contribution >= 4 is 21.7 Å². The van der Waals surface area contributed by atoms with Crippen molar-refractivity contribution in [2.75, 3.05) is 11.5 Å². The number of carbonyl (C=O) groups excluding carboxylic acids is 1. The SMILES string of the molecule is O=C(C[C@@H]1CCS(=O)(=O)C1)N[C@H](Cc1ccccc1)C(=O)O. The molecule has 1 amide bonds. The van der Waals surface area contributed by atoms with Crippen LogP contribution < -0.4 is 5.32 Å². The van der Waals surface area contributed by atoms with Gasteiger partial charge in [0, 0.05) is 12.8 Å². The van der Waals surface area contributed by atoms with Crippen LogP contribution in [0.2, 0.25) is 0 Å². The third-order valence-corrected chi connectivity index (χ3v) is 5.55. The van der Waals surface area contributed by atoms with Gasteiger partial charge in [-0.2, -0.15) is 0 Å². The van der Waals surface area contributed by atoms with E-state index in [2.05, 4.69) is 5.32 Å². The quantitative estimate of drug-likeness (QED) is 0.799. The lowest BCUT2D eigenvalue weighted by molar-refractivity contribution is -0.141. The molecular weight excluding hydrogens is 306 g/mol. The molecule has 0 unspecified atom stereocenters. The molecule has 1 aromatic carbocycles. The minimum atomic E-state index is -3.03. The fourth-order valence-corrected chi connectivity index (χ4v) is 4.46. The summed E-state index contributed by atoms with van der Waals surface area (Å²) in [6.07, 6.45) is 0.717. The molecule has 0 saturated carbocycles. The molecule has 7 heteroatoms. The first kappa shape index (κ1) is 16.5. The van der Waals surface area contributed by atoms with Crippen molar-refractivity contribution in [3.63, 3.8) is 0 Å². The maximum absolute atomic E-state index is 11.9. The summed E-state index contributed by atoms with van der Waals surface area (Å²) in [5, 5.41) is 11.7. The van der Waals surface area contributed by atoms with Crippen molar-refractivity contribution in [1.82, 2.24) is 5.32 Å². The number of sulfone groups is 1. The zero-order valence-corrected chi connectivity index (χ0v) is 12.9. The Hall–Kier alpha value is -1.89. The Balaban J connectivity index is 1.91. The number of carboxylic acid groups (broad SMARTS) is 1. The van der Waals surface area contributed by atoms with Crippen molar-refractivity contribution in [3.05, 3.63) is 35.9 Å². The number of nitrogens with one attached hydrogen (secondary N) is 1. The zero-order chi connectivity index (χ0) is 16.2. The Kier molecular flexibility index (Phi) is 5.18. The number of rotatable bonds is 6. The average molecular weight is 325 g/mol. The van der Waals surface area contributed by atoms with Crippen LogP contribution in [0.5, 0.6) is 0 Å². The third-order valence-electron chi connectivity index (χ3n) is 3.72. The third kappa shape index (κ3) is 4.84. The first-order chi connectivity index (χ1) is 10.4. The van der Waals surface area contributed by atoms with Crippen LogP contribution in [0.1, 0.15) is 18.4 Å². The van der Waals surface area contributed by atoms with Gasteiger partial charge in [-0.25, -0.2) is 13.2 Å². The van der Waals surface area contributed by atoms with Gasteiger partial charge < -0.3 is 10.4 Å². The Morgan fingerprint density at radius 1 is 1.27 bits per heavy atom. The molecule has 6 nitrogen and oxygen atoms in total. The van der Waals surface area contributed by atoms with Crippen LogP contribution in [-0.2, 0) is 25.8 Å². The maximum atomic E-state index is 11.9. The highest BCUT2D eigenvalue weighted by Gasteiger charge is 2.30. The number of benzene rings is 1. The van der Waals surface area contributed by atoms with Crippen LogP contribution in [0.15, 0.2) is 30.3 Å². The molecule has 0 aliphatic carbocycles. The lowest BCUT2D eigenvalue weighted by Gasteiger charge is -2.16. The van der Waals surface area contributed by atoms with Gasteiger partial charge in [-0.3, -0.25) is 4.79 Å². The largest absolute Gasteiger partial charge is 0.480 e. The number of hydrogen-bond donors (Lipinski definition) is 2. The van der Waals surface area contributed by atoms with Crippen molar-refractivity contribution < 1.29 is 23.1 Å². The van der Waals surface area contributed by atoms with Crippen LogP contribution >= 0.6 is 0 Å². The molecule has 0 aromatic heterocycles. The predicted molar refractivity (Wildman–Crippen MR) is 81.1 cm³/mol. The van der Waals surface area contributed by atoms with Gasteiger partial charge in [0.15, 0.2) is 9.84 Å². The fraction of sp³-hybridized carbons (Fsp3) is 0.467. The summed E-state index contributed by atoms with van der Waals surface area (Å²) in [6.45, 7) is 0. The Morgan fingerprint density at radius 2 is 1.95 bits per heavy atom. The van der Waals surface area contributed by atoms with Gasteiger partial charge in [-0.05, 0) is 17.9 Å². The summed E-state index contributed by atoms with van der Waals surface area (Å²) in [5.74, 6) is -1.61. The second kappa shape index (κ2) is 6.91. The minimum Gasteiger partial charge on any atom is -0.480 e. The summed E-state index contributed by atoms with van der Waals surface area (Å²) in [7, 11) is -3.03. The van der Waals surface area contributed by atoms with Crippen molar-refractivity contribution in [2.24, 2.45) is 5.92 Å². The molecule has 1 aromatic rings. The van der Waals surface area contributed by atoms with Gasteiger partial charge >= 0.3 is 5.97 Å². The van der Waals surface area contributed by atoms with Gasteiger partial charge in [0.25, 0.3) is 0 Å². The Bertz CT molecular complexity index is 641. The summed E-state index contributed by atoms with van der Waals surface area (Å²) < 4.78 is 22.7. The minimum absolute atomic E-state index is 0.0108. The molecule has 120 valence electrons. The number of carboxylic acids is 1. The summed E-state index contributed by atoms with van der Waals surface area (Å²) >= 11 is 0. The molecule has 2 atom stereocenters. The second-order valence-corrected chi connectivity index (χ2v) is 7.85. The molecule has 2 N–H and O–H groups in total. The molecule has 2 rings (SSSR count). The number of amides is 1. The van der Waals surface area contributed by atoms with Crippen LogP contribution in [0.3, 0.4) is 0 Å². The first-order valence-electron chi connectivity index (χ1n) is 7.12. The fourth-order valence-electron chi connectivity index (χ4n) is 2.60. The highest BCUT2D eigenvalue weighted by atomic mass is 32.2. The van der Waals surface area contributed by atoms with Crippen molar-refractivity contribution in [2.45, 2.75) is 25.3 Å². The lowest BCUT2D eigenvalue weighted by Crippen LogP contribution is -2.42. The molecule has 1 fully saturated rings. The summed E-state index contributed by atoms with van der Waals surface area (Å²) in [4.78, 5) is 23.2. The van der Waals surface area contributed by atoms with Crippen LogP contribution in [0, 0.1) is 5.92 Å². The predicted octanol–water partition coefficient (Wildman–Crippen LogP) is 0.623. The molecule has 22 heavy (non-hydrogen) atoms. The molecule has 0 radical (unpaired) electrons. The molecule has 0 spiro atoms. The Morgan fingerprint density at radius 3 is 2.50 bits per heavy atom. The lowest BCUT2D eigenvalue weighted by atomic mass is 10.0. The molecule has 1 aliphatic rings. The number of carbonyl (C=O) groups is 2. The molecule has 1 aliphatic heterocycles. The number of hydrogen-bond acceptors (Lipinski definition) is 4. The highest BCUT2D eigenvalue weighted by molar-refractivity contribution is 7.91. The van der Waals surface area contributed by atoms with E-state index in [1.54, 1.807) is 24.3 Å². The average Bonchev–Trinajstić information content (AvgIpc) is 2.78. The van der Waals surface area contributed by atoms with Crippen LogP contribution in [0.4, 0.5) is 0 Å². The van der Waals surface area contributed by atoms with E-state index in [1.807, 2.05) is 6.07 Å². The Labute approximate surface area is 129 Å². The van der Waals surface area contributed by atoms with E-state index < -0.39 is 27.8 Å². The second-order valence-electron chi connectivity index (χ2n) is 5.62. The van der Waals surface area contributed by atoms with Gasteiger partial charge in [0.05, 0.1) is 11.5 Å². The standard InChI is InChI=1S/C15H19NO5S/c17-14(9-12-6-7-22(20,21)10-12)16-13(15(18)19)8-11-4-2-1-3-5-11/h1-5,12-13H,6-10H2,(H,16,17)(H,18,19)/t12-,13+/m0/s1. The van der Waals surface area contributed by atoms with Gasteiger partial charge in [0.2, 0.25) is 5.91 Å². The summed E-state index contributed by atoms with van der Waals surface area (Å²) in [5.41, 5.74) is 0.818. The molecule has 0 bridgehead atoms. The van der Waals surface area contributed by atoms with E-state index >= 15 is 0 Å². The maximum Gasteiger partial charge on any atom is 0.326 e. The van der Waals surface area contributed by atoms with E-state index in [0.29, 0.717) is 6.42 Å². The molecule has 1 heterocycles. The molecule has 1 saturated heterocycles. The van der Waals surface area contributed by atoms with Crippen molar-refractivity contribution in [3.8, 4) is 0 Å². The highest BCUT2D eigenvalue weighted by Crippen LogP contribution is 2.21.